The summed E-state index contributed by atoms with van der Waals surface area (Å²) in [5.41, 5.74) is 7.69. The van der Waals surface area contributed by atoms with E-state index >= 15 is 0 Å². The number of carbonyl (C=O) groups is 2. The van der Waals surface area contributed by atoms with Gasteiger partial charge in [0.1, 0.15) is 5.65 Å². The van der Waals surface area contributed by atoms with E-state index in [1.165, 1.54) is 4.90 Å². The lowest BCUT2D eigenvalue weighted by atomic mass is 10.3. The van der Waals surface area contributed by atoms with Crippen molar-refractivity contribution in [2.75, 3.05) is 13.1 Å². The van der Waals surface area contributed by atoms with E-state index in [1.807, 2.05) is 35.9 Å². The van der Waals surface area contributed by atoms with Gasteiger partial charge < -0.3 is 15.2 Å². The highest BCUT2D eigenvalue weighted by Crippen LogP contribution is 2.09. The Bertz CT molecular complexity index is 634. The molecule has 0 saturated carbocycles. The minimum absolute atomic E-state index is 0.112. The zero-order chi connectivity index (χ0) is 14.7. The van der Waals surface area contributed by atoms with E-state index in [9.17, 15) is 9.59 Å². The van der Waals surface area contributed by atoms with E-state index in [1.54, 1.807) is 0 Å². The molecular weight excluding hydrogens is 260 g/mol. The molecule has 0 aromatic carbocycles. The van der Waals surface area contributed by atoms with Crippen molar-refractivity contribution >= 4 is 17.5 Å². The van der Waals surface area contributed by atoms with Gasteiger partial charge in [-0.05, 0) is 18.6 Å². The first-order valence-corrected chi connectivity index (χ1v) is 6.11. The summed E-state index contributed by atoms with van der Waals surface area (Å²) in [5, 5.41) is 8.83. The molecule has 2 aromatic rings. The number of aromatic nitrogens is 2. The molecule has 7 heteroatoms. The van der Waals surface area contributed by atoms with E-state index in [0.29, 0.717) is 5.69 Å². The van der Waals surface area contributed by atoms with Crippen molar-refractivity contribution in [1.82, 2.24) is 14.3 Å². The van der Waals surface area contributed by atoms with Crippen molar-refractivity contribution < 1.29 is 14.7 Å². The summed E-state index contributed by atoms with van der Waals surface area (Å²) in [6.45, 7) is 1.87. The van der Waals surface area contributed by atoms with Gasteiger partial charge in [0, 0.05) is 18.9 Å². The van der Waals surface area contributed by atoms with Gasteiger partial charge in [-0.25, -0.2) is 4.98 Å². The van der Waals surface area contributed by atoms with Crippen molar-refractivity contribution in [3.05, 3.63) is 35.8 Å². The highest BCUT2D eigenvalue weighted by atomic mass is 16.4. The number of aryl methyl sites for hydroxylation is 1. The number of amides is 1. The fourth-order valence-corrected chi connectivity index (χ4v) is 2.04. The molecule has 0 saturated heterocycles. The van der Waals surface area contributed by atoms with Crippen LogP contribution in [0.25, 0.3) is 5.65 Å². The van der Waals surface area contributed by atoms with Crippen LogP contribution in [0, 0.1) is 6.92 Å². The van der Waals surface area contributed by atoms with Gasteiger partial charge in [-0.1, -0.05) is 6.07 Å². The van der Waals surface area contributed by atoms with E-state index in [-0.39, 0.29) is 19.6 Å². The maximum Gasteiger partial charge on any atom is 0.317 e. The molecule has 0 fully saturated rings. The summed E-state index contributed by atoms with van der Waals surface area (Å²) in [7, 11) is 0. The lowest BCUT2D eigenvalue weighted by molar-refractivity contribution is -0.138. The third-order valence-corrected chi connectivity index (χ3v) is 2.77. The number of fused-ring (bicyclic) bond motifs is 1. The standard InChI is InChI=1S/C13H16N4O3/c1-9-2-3-12-15-10(6-17(12)4-9)5-16(7-11(14)18)8-13(19)20/h2-4,6H,5,7-8H2,1H3,(H2,14,18)(H,19,20). The highest BCUT2D eigenvalue weighted by Gasteiger charge is 2.14. The molecular formula is C13H16N4O3. The van der Waals surface area contributed by atoms with Gasteiger partial charge in [0.25, 0.3) is 0 Å². The molecule has 2 aromatic heterocycles. The van der Waals surface area contributed by atoms with Gasteiger partial charge in [0.15, 0.2) is 0 Å². The normalized spacial score (nSPS) is 11.1. The second-order valence-electron chi connectivity index (χ2n) is 4.71. The number of nitrogens with two attached hydrogens (primary N) is 1. The number of primary amides is 1. The summed E-state index contributed by atoms with van der Waals surface area (Å²) in [4.78, 5) is 27.6. The van der Waals surface area contributed by atoms with E-state index in [4.69, 9.17) is 10.8 Å². The monoisotopic (exact) mass is 276 g/mol. The minimum atomic E-state index is -1.01. The molecule has 2 rings (SSSR count). The number of carboxylic acid groups (broad SMARTS) is 1. The van der Waals surface area contributed by atoms with Crippen LogP contribution < -0.4 is 5.73 Å². The topological polar surface area (TPSA) is 101 Å². The Morgan fingerprint density at radius 1 is 1.35 bits per heavy atom. The minimum Gasteiger partial charge on any atom is -0.480 e. The third kappa shape index (κ3) is 3.55. The van der Waals surface area contributed by atoms with Crippen LogP contribution in [0.3, 0.4) is 0 Å². The van der Waals surface area contributed by atoms with Crippen LogP contribution in [0.15, 0.2) is 24.5 Å². The quantitative estimate of drug-likeness (QED) is 0.774. The van der Waals surface area contributed by atoms with Gasteiger partial charge in [0.05, 0.1) is 18.8 Å². The first-order chi connectivity index (χ1) is 9.44. The number of nitrogens with zero attached hydrogens (tertiary/aromatic N) is 3. The molecule has 0 radical (unpaired) electrons. The van der Waals surface area contributed by atoms with E-state index in [2.05, 4.69) is 4.98 Å². The van der Waals surface area contributed by atoms with Crippen molar-refractivity contribution in [2.45, 2.75) is 13.5 Å². The van der Waals surface area contributed by atoms with Gasteiger partial charge in [-0.2, -0.15) is 0 Å². The van der Waals surface area contributed by atoms with Crippen LogP contribution in [0.1, 0.15) is 11.3 Å². The molecule has 0 atom stereocenters. The number of pyridine rings is 1. The second kappa shape index (κ2) is 5.70. The molecule has 0 bridgehead atoms. The summed E-state index contributed by atoms with van der Waals surface area (Å²) in [5.74, 6) is -1.57. The summed E-state index contributed by atoms with van der Waals surface area (Å²) in [6.07, 6.45) is 3.75. The van der Waals surface area contributed by atoms with Gasteiger partial charge in [0.2, 0.25) is 5.91 Å². The molecule has 20 heavy (non-hydrogen) atoms. The Labute approximate surface area is 115 Å². The third-order valence-electron chi connectivity index (χ3n) is 2.77. The lowest BCUT2D eigenvalue weighted by Gasteiger charge is -2.16. The number of carboxylic acids is 1. The molecule has 1 amide bonds. The summed E-state index contributed by atoms with van der Waals surface area (Å²) < 4.78 is 1.87. The highest BCUT2D eigenvalue weighted by molar-refractivity contribution is 5.77. The Morgan fingerprint density at radius 2 is 2.10 bits per heavy atom. The molecule has 106 valence electrons. The number of imidazole rings is 1. The Balaban J connectivity index is 2.18. The second-order valence-corrected chi connectivity index (χ2v) is 4.71. The van der Waals surface area contributed by atoms with Crippen molar-refractivity contribution in [3.8, 4) is 0 Å². The zero-order valence-corrected chi connectivity index (χ0v) is 11.1. The molecule has 2 heterocycles. The number of hydrogen-bond donors (Lipinski definition) is 2. The fourth-order valence-electron chi connectivity index (χ4n) is 2.04. The lowest BCUT2D eigenvalue weighted by Crippen LogP contribution is -2.36. The number of rotatable bonds is 6. The summed E-state index contributed by atoms with van der Waals surface area (Å²) in [6, 6.07) is 3.83. The van der Waals surface area contributed by atoms with E-state index < -0.39 is 11.9 Å². The number of carbonyl (C=O) groups excluding carboxylic acids is 1. The molecule has 0 unspecified atom stereocenters. The zero-order valence-electron chi connectivity index (χ0n) is 11.1. The SMILES string of the molecule is Cc1ccc2nc(CN(CC(N)=O)CC(=O)O)cn2c1. The largest absolute Gasteiger partial charge is 0.480 e. The van der Waals surface area contributed by atoms with Crippen molar-refractivity contribution in [1.29, 1.82) is 0 Å². The van der Waals surface area contributed by atoms with Gasteiger partial charge in [-0.3, -0.25) is 14.5 Å². The average Bonchev–Trinajstić information content (AvgIpc) is 2.68. The summed E-state index contributed by atoms with van der Waals surface area (Å²) >= 11 is 0. The maximum absolute atomic E-state index is 11.0. The molecule has 0 spiro atoms. The fraction of sp³-hybridized carbons (Fsp3) is 0.308. The van der Waals surface area contributed by atoms with Crippen LogP contribution in [-0.4, -0.2) is 44.4 Å². The van der Waals surface area contributed by atoms with Crippen LogP contribution >= 0.6 is 0 Å². The smallest absolute Gasteiger partial charge is 0.317 e. The van der Waals surface area contributed by atoms with Crippen molar-refractivity contribution in [2.24, 2.45) is 5.73 Å². The van der Waals surface area contributed by atoms with E-state index in [0.717, 1.165) is 11.2 Å². The first kappa shape index (κ1) is 14.0. The molecule has 0 aliphatic heterocycles. The molecule has 0 aliphatic carbocycles. The first-order valence-electron chi connectivity index (χ1n) is 6.11. The average molecular weight is 276 g/mol. The Hall–Kier alpha value is -2.41. The predicted molar refractivity (Wildman–Crippen MR) is 72.0 cm³/mol. The molecule has 3 N–H and O–H groups in total. The van der Waals surface area contributed by atoms with Crippen LogP contribution in [0.2, 0.25) is 0 Å². The molecule has 0 aliphatic rings. The van der Waals surface area contributed by atoms with Crippen LogP contribution in [-0.2, 0) is 16.1 Å². The Morgan fingerprint density at radius 3 is 2.75 bits per heavy atom. The number of hydrogen-bond acceptors (Lipinski definition) is 4. The van der Waals surface area contributed by atoms with Crippen LogP contribution in [0.5, 0.6) is 0 Å². The van der Waals surface area contributed by atoms with Crippen molar-refractivity contribution in [3.63, 3.8) is 0 Å². The van der Waals surface area contributed by atoms with Crippen LogP contribution in [0.4, 0.5) is 0 Å². The molecule has 7 nitrogen and oxygen atoms in total. The van der Waals surface area contributed by atoms with Gasteiger partial charge in [-0.15, -0.1) is 0 Å². The predicted octanol–water partition coefficient (Wildman–Crippen LogP) is 0.0146. The maximum atomic E-state index is 11.0. The Kier molecular flexibility index (Phi) is 3.99. The number of aliphatic carboxylic acids is 1. The van der Waals surface area contributed by atoms with Gasteiger partial charge >= 0.3 is 5.97 Å².